The summed E-state index contributed by atoms with van der Waals surface area (Å²) in [5.74, 6) is 0.434. The summed E-state index contributed by atoms with van der Waals surface area (Å²) in [6.45, 7) is 4.28. The summed E-state index contributed by atoms with van der Waals surface area (Å²) in [7, 11) is -2.90. The van der Waals surface area contributed by atoms with E-state index >= 15 is 0 Å². The molecular weight excluding hydrogens is 250 g/mol. The van der Waals surface area contributed by atoms with Crippen molar-refractivity contribution in [2.75, 3.05) is 37.7 Å². The van der Waals surface area contributed by atoms with Crippen LogP contribution < -0.4 is 5.73 Å². The summed E-state index contributed by atoms with van der Waals surface area (Å²) in [5.41, 5.74) is 6.02. The third kappa shape index (κ3) is 2.43. The molecule has 3 atom stereocenters. The van der Waals surface area contributed by atoms with Crippen molar-refractivity contribution in [2.24, 2.45) is 5.73 Å². The first-order valence-corrected chi connectivity index (χ1v) is 8.81. The number of hydrogen-bond acceptors (Lipinski definition) is 5. The second-order valence-corrected chi connectivity index (χ2v) is 8.14. The van der Waals surface area contributed by atoms with E-state index in [4.69, 9.17) is 5.73 Å². The van der Waals surface area contributed by atoms with Gasteiger partial charge in [-0.3, -0.25) is 9.80 Å². The molecular formula is C12H23N3O2S. The van der Waals surface area contributed by atoms with Crippen LogP contribution >= 0.6 is 0 Å². The maximum atomic E-state index is 11.7. The Kier molecular flexibility index (Phi) is 3.38. The zero-order valence-corrected chi connectivity index (χ0v) is 11.6. The minimum Gasteiger partial charge on any atom is -0.325 e. The number of nitrogens with two attached hydrogens (primary N) is 1. The molecule has 0 amide bonds. The highest BCUT2D eigenvalue weighted by Gasteiger charge is 2.41. The van der Waals surface area contributed by atoms with Crippen molar-refractivity contribution in [1.82, 2.24) is 9.80 Å². The Bertz CT molecular complexity index is 412. The molecule has 3 unspecified atom stereocenters. The Hall–Kier alpha value is -0.170. The van der Waals surface area contributed by atoms with Gasteiger partial charge < -0.3 is 5.73 Å². The van der Waals surface area contributed by atoms with Gasteiger partial charge >= 0.3 is 0 Å². The van der Waals surface area contributed by atoms with Gasteiger partial charge in [-0.05, 0) is 19.4 Å². The zero-order valence-electron chi connectivity index (χ0n) is 10.8. The van der Waals surface area contributed by atoms with Crippen LogP contribution in [-0.4, -0.2) is 74.0 Å². The maximum Gasteiger partial charge on any atom is 0.153 e. The number of sulfone groups is 1. The fraction of sp³-hybridized carbons (Fsp3) is 1.00. The van der Waals surface area contributed by atoms with Crippen LogP contribution in [0.5, 0.6) is 0 Å². The SMILES string of the molecule is NC1CS(=O)(=O)CC1N1CCN2CCCCC2C1. The van der Waals surface area contributed by atoms with E-state index in [1.165, 1.54) is 25.8 Å². The highest BCUT2D eigenvalue weighted by atomic mass is 32.2. The first-order valence-electron chi connectivity index (χ1n) is 6.99. The van der Waals surface area contributed by atoms with Crippen molar-refractivity contribution in [3.63, 3.8) is 0 Å². The number of rotatable bonds is 1. The molecule has 0 aromatic rings. The molecule has 5 nitrogen and oxygen atoms in total. The van der Waals surface area contributed by atoms with E-state index in [2.05, 4.69) is 9.80 Å². The number of piperazine rings is 1. The number of fused-ring (bicyclic) bond motifs is 1. The molecule has 0 aromatic heterocycles. The maximum absolute atomic E-state index is 11.7. The molecule has 3 rings (SSSR count). The van der Waals surface area contributed by atoms with Crippen LogP contribution in [0.3, 0.4) is 0 Å². The van der Waals surface area contributed by atoms with Crippen LogP contribution in [0.15, 0.2) is 0 Å². The molecule has 2 N–H and O–H groups in total. The molecule has 3 saturated heterocycles. The van der Waals surface area contributed by atoms with Crippen LogP contribution in [0.25, 0.3) is 0 Å². The fourth-order valence-corrected chi connectivity index (χ4v) is 5.64. The summed E-state index contributed by atoms with van der Waals surface area (Å²) in [6.07, 6.45) is 3.88. The summed E-state index contributed by atoms with van der Waals surface area (Å²) < 4.78 is 23.3. The van der Waals surface area contributed by atoms with E-state index in [9.17, 15) is 8.42 Å². The lowest BCUT2D eigenvalue weighted by Gasteiger charge is -2.46. The predicted octanol–water partition coefficient (Wildman–Crippen LogP) is -0.719. The van der Waals surface area contributed by atoms with Gasteiger partial charge in [0.05, 0.1) is 11.5 Å². The van der Waals surface area contributed by atoms with E-state index < -0.39 is 9.84 Å². The summed E-state index contributed by atoms with van der Waals surface area (Å²) >= 11 is 0. The fourth-order valence-electron chi connectivity index (χ4n) is 3.71. The lowest BCUT2D eigenvalue weighted by atomic mass is 9.98. The van der Waals surface area contributed by atoms with Crippen LogP contribution in [0.4, 0.5) is 0 Å². The third-order valence-corrected chi connectivity index (χ3v) is 6.45. The molecule has 0 saturated carbocycles. The van der Waals surface area contributed by atoms with Gasteiger partial charge in [-0.25, -0.2) is 8.42 Å². The number of nitrogens with zero attached hydrogens (tertiary/aromatic N) is 2. The molecule has 104 valence electrons. The Labute approximate surface area is 109 Å². The summed E-state index contributed by atoms with van der Waals surface area (Å²) in [5, 5.41) is 0. The van der Waals surface area contributed by atoms with Crippen molar-refractivity contribution in [2.45, 2.75) is 37.4 Å². The molecule has 3 heterocycles. The molecule has 0 aliphatic carbocycles. The van der Waals surface area contributed by atoms with E-state index in [0.29, 0.717) is 6.04 Å². The summed E-state index contributed by atoms with van der Waals surface area (Å²) in [6, 6.07) is 0.493. The molecule has 18 heavy (non-hydrogen) atoms. The van der Waals surface area contributed by atoms with Gasteiger partial charge in [0.25, 0.3) is 0 Å². The van der Waals surface area contributed by atoms with Gasteiger partial charge in [0.1, 0.15) is 0 Å². The van der Waals surface area contributed by atoms with Crippen LogP contribution in [0, 0.1) is 0 Å². The zero-order chi connectivity index (χ0) is 12.8. The van der Waals surface area contributed by atoms with Gasteiger partial charge in [-0.2, -0.15) is 0 Å². The minimum atomic E-state index is -2.90. The van der Waals surface area contributed by atoms with Gasteiger partial charge in [0.15, 0.2) is 9.84 Å². The van der Waals surface area contributed by atoms with Gasteiger partial charge in [0, 0.05) is 37.8 Å². The molecule has 6 heteroatoms. The minimum absolute atomic E-state index is 0.0547. The molecule has 0 aromatic carbocycles. The van der Waals surface area contributed by atoms with Gasteiger partial charge in [-0.1, -0.05) is 6.42 Å². The second kappa shape index (κ2) is 4.74. The van der Waals surface area contributed by atoms with Crippen molar-refractivity contribution in [3.8, 4) is 0 Å². The largest absolute Gasteiger partial charge is 0.325 e. The molecule has 0 bridgehead atoms. The molecule has 3 aliphatic heterocycles. The average Bonchev–Trinajstić information content (AvgIpc) is 2.62. The first kappa shape index (κ1) is 12.8. The normalized spacial score (nSPS) is 41.7. The van der Waals surface area contributed by atoms with Crippen molar-refractivity contribution in [3.05, 3.63) is 0 Å². The first-order chi connectivity index (χ1) is 8.55. The van der Waals surface area contributed by atoms with Crippen LogP contribution in [-0.2, 0) is 9.84 Å². The average molecular weight is 273 g/mol. The standard InChI is InChI=1S/C12H23N3O2S/c13-11-8-18(16,17)9-12(11)15-6-5-14-4-2-1-3-10(14)7-15/h10-12H,1-9,13H2. The highest BCUT2D eigenvalue weighted by molar-refractivity contribution is 7.91. The van der Waals surface area contributed by atoms with Crippen molar-refractivity contribution >= 4 is 9.84 Å². The lowest BCUT2D eigenvalue weighted by molar-refractivity contribution is 0.0294. The van der Waals surface area contributed by atoms with E-state index in [1.54, 1.807) is 0 Å². The monoisotopic (exact) mass is 273 g/mol. The Morgan fingerprint density at radius 3 is 2.50 bits per heavy atom. The molecule has 3 fully saturated rings. The Morgan fingerprint density at radius 1 is 1.00 bits per heavy atom. The van der Waals surface area contributed by atoms with Crippen molar-refractivity contribution < 1.29 is 8.42 Å². The highest BCUT2D eigenvalue weighted by Crippen LogP contribution is 2.25. The van der Waals surface area contributed by atoms with Crippen LogP contribution in [0.1, 0.15) is 19.3 Å². The third-order valence-electron chi connectivity index (χ3n) is 4.70. The molecule has 0 radical (unpaired) electrons. The quantitative estimate of drug-likeness (QED) is 0.683. The number of piperidine rings is 1. The molecule has 0 spiro atoms. The van der Waals surface area contributed by atoms with Crippen molar-refractivity contribution in [1.29, 1.82) is 0 Å². The lowest BCUT2D eigenvalue weighted by Crippen LogP contribution is -2.60. The van der Waals surface area contributed by atoms with Gasteiger partial charge in [0.2, 0.25) is 0 Å². The smallest absolute Gasteiger partial charge is 0.153 e. The topological polar surface area (TPSA) is 66.6 Å². The van der Waals surface area contributed by atoms with Gasteiger partial charge in [-0.15, -0.1) is 0 Å². The van der Waals surface area contributed by atoms with E-state index in [0.717, 1.165) is 19.6 Å². The van der Waals surface area contributed by atoms with Crippen LogP contribution in [0.2, 0.25) is 0 Å². The van der Waals surface area contributed by atoms with E-state index in [1.807, 2.05) is 0 Å². The Balaban J connectivity index is 1.67. The van der Waals surface area contributed by atoms with E-state index in [-0.39, 0.29) is 23.6 Å². The molecule has 3 aliphatic rings. The second-order valence-electron chi connectivity index (χ2n) is 5.99. The Morgan fingerprint density at radius 2 is 1.78 bits per heavy atom. The number of hydrogen-bond donors (Lipinski definition) is 1. The summed E-state index contributed by atoms with van der Waals surface area (Å²) in [4.78, 5) is 4.90. The predicted molar refractivity (Wildman–Crippen MR) is 71.2 cm³/mol.